The lowest BCUT2D eigenvalue weighted by molar-refractivity contribution is 0.257. The van der Waals surface area contributed by atoms with Crippen molar-refractivity contribution < 1.29 is 0 Å². The van der Waals surface area contributed by atoms with Crippen LogP contribution in [0.4, 0.5) is 5.69 Å². The molecule has 0 aromatic heterocycles. The predicted molar refractivity (Wildman–Crippen MR) is 89.4 cm³/mol. The molecular weight excluding hydrogens is 312 g/mol. The fourth-order valence-corrected chi connectivity index (χ4v) is 2.96. The van der Waals surface area contributed by atoms with E-state index in [1.165, 1.54) is 11.1 Å². The second-order valence-electron chi connectivity index (χ2n) is 5.09. The monoisotopic (exact) mass is 332 g/mol. The maximum absolute atomic E-state index is 5.91. The van der Waals surface area contributed by atoms with Gasteiger partial charge in [-0.3, -0.25) is 4.90 Å². The first-order valence-corrected chi connectivity index (χ1v) is 7.78. The largest absolute Gasteiger partial charge is 0.399 e. The molecule has 2 aromatic rings. The van der Waals surface area contributed by atoms with Crippen LogP contribution in [-0.4, -0.2) is 11.4 Å². The summed E-state index contributed by atoms with van der Waals surface area (Å²) in [6, 6.07) is 16.7. The van der Waals surface area contributed by atoms with E-state index in [-0.39, 0.29) is 0 Å². The second kappa shape index (κ2) is 7.46. The summed E-state index contributed by atoms with van der Waals surface area (Å²) in [5, 5.41) is 0. The summed E-state index contributed by atoms with van der Waals surface area (Å²) in [6.45, 7) is 5.20. The van der Waals surface area contributed by atoms with Crippen molar-refractivity contribution in [3.8, 4) is 0 Å². The molecule has 0 atom stereocenters. The third kappa shape index (κ3) is 4.66. The highest BCUT2D eigenvalue weighted by atomic mass is 79.9. The lowest BCUT2D eigenvalue weighted by Crippen LogP contribution is -2.23. The van der Waals surface area contributed by atoms with Crippen molar-refractivity contribution in [2.75, 3.05) is 12.3 Å². The number of hydrogen-bond acceptors (Lipinski definition) is 2. The molecule has 0 aliphatic carbocycles. The zero-order valence-electron chi connectivity index (χ0n) is 11.8. The third-order valence-corrected chi connectivity index (χ3v) is 3.63. The van der Waals surface area contributed by atoms with Crippen LogP contribution in [0, 0.1) is 0 Å². The Morgan fingerprint density at radius 1 is 1.00 bits per heavy atom. The van der Waals surface area contributed by atoms with Crippen LogP contribution in [0.25, 0.3) is 0 Å². The lowest BCUT2D eigenvalue weighted by atomic mass is 10.1. The molecule has 0 fully saturated rings. The van der Waals surface area contributed by atoms with E-state index in [2.05, 4.69) is 70.2 Å². The summed E-state index contributed by atoms with van der Waals surface area (Å²) >= 11 is 3.51. The summed E-state index contributed by atoms with van der Waals surface area (Å²) < 4.78 is 1.05. The Balaban J connectivity index is 2.08. The Labute approximate surface area is 129 Å². The number of anilines is 1. The lowest BCUT2D eigenvalue weighted by Gasteiger charge is -2.22. The number of rotatable bonds is 6. The summed E-state index contributed by atoms with van der Waals surface area (Å²) in [5.74, 6) is 0. The minimum absolute atomic E-state index is 0.811. The van der Waals surface area contributed by atoms with Crippen LogP contribution in [0.2, 0.25) is 0 Å². The molecule has 0 saturated heterocycles. The number of nitrogens with zero attached hydrogens (tertiary/aromatic N) is 1. The van der Waals surface area contributed by atoms with Gasteiger partial charge in [-0.05, 0) is 42.3 Å². The highest BCUT2D eigenvalue weighted by Gasteiger charge is 2.07. The van der Waals surface area contributed by atoms with Gasteiger partial charge in [-0.25, -0.2) is 0 Å². The fourth-order valence-electron chi connectivity index (χ4n) is 2.40. The minimum atomic E-state index is 0.811. The highest BCUT2D eigenvalue weighted by molar-refractivity contribution is 9.10. The van der Waals surface area contributed by atoms with E-state index in [9.17, 15) is 0 Å². The maximum Gasteiger partial charge on any atom is 0.0328 e. The van der Waals surface area contributed by atoms with Crippen molar-refractivity contribution in [2.24, 2.45) is 0 Å². The molecule has 0 radical (unpaired) electrons. The third-order valence-electron chi connectivity index (χ3n) is 3.17. The van der Waals surface area contributed by atoms with E-state index < -0.39 is 0 Å². The molecule has 2 N–H and O–H groups in total. The van der Waals surface area contributed by atoms with Gasteiger partial charge < -0.3 is 5.73 Å². The number of hydrogen-bond donors (Lipinski definition) is 1. The average molecular weight is 333 g/mol. The van der Waals surface area contributed by atoms with Gasteiger partial charge in [0, 0.05) is 23.2 Å². The molecule has 2 rings (SSSR count). The Morgan fingerprint density at radius 3 is 2.35 bits per heavy atom. The topological polar surface area (TPSA) is 29.3 Å². The Kier molecular flexibility index (Phi) is 5.62. The van der Waals surface area contributed by atoms with Crippen LogP contribution in [-0.2, 0) is 13.1 Å². The van der Waals surface area contributed by atoms with Crippen molar-refractivity contribution in [1.82, 2.24) is 4.90 Å². The molecule has 0 unspecified atom stereocenters. The quantitative estimate of drug-likeness (QED) is 0.792. The molecular formula is C17H21BrN2. The van der Waals surface area contributed by atoms with Gasteiger partial charge in [-0.1, -0.05) is 53.2 Å². The number of nitrogen functional groups attached to an aromatic ring is 1. The first-order chi connectivity index (χ1) is 9.67. The van der Waals surface area contributed by atoms with Crippen LogP contribution in [0.5, 0.6) is 0 Å². The smallest absolute Gasteiger partial charge is 0.0328 e. The standard InChI is InChI=1S/C17H21BrN2/c1-2-8-20(12-14-6-4-3-5-7-14)13-15-9-16(18)11-17(19)10-15/h3-7,9-11H,2,8,12-13,19H2,1H3. The van der Waals surface area contributed by atoms with Gasteiger partial charge in [0.25, 0.3) is 0 Å². The Morgan fingerprint density at radius 2 is 1.70 bits per heavy atom. The second-order valence-corrected chi connectivity index (χ2v) is 6.00. The van der Waals surface area contributed by atoms with Gasteiger partial charge in [0.2, 0.25) is 0 Å². The molecule has 106 valence electrons. The molecule has 2 aromatic carbocycles. The molecule has 0 amide bonds. The van der Waals surface area contributed by atoms with Gasteiger partial charge in [0.1, 0.15) is 0 Å². The van der Waals surface area contributed by atoms with Gasteiger partial charge >= 0.3 is 0 Å². The summed E-state index contributed by atoms with van der Waals surface area (Å²) in [4.78, 5) is 2.45. The van der Waals surface area contributed by atoms with Crippen LogP contribution in [0.15, 0.2) is 53.0 Å². The summed E-state index contributed by atoms with van der Waals surface area (Å²) in [6.07, 6.45) is 1.15. The minimum Gasteiger partial charge on any atom is -0.399 e. The van der Waals surface area contributed by atoms with E-state index in [0.717, 1.165) is 36.2 Å². The van der Waals surface area contributed by atoms with Crippen LogP contribution in [0.3, 0.4) is 0 Å². The van der Waals surface area contributed by atoms with Crippen LogP contribution < -0.4 is 5.73 Å². The molecule has 0 heterocycles. The highest BCUT2D eigenvalue weighted by Crippen LogP contribution is 2.19. The molecule has 2 nitrogen and oxygen atoms in total. The van der Waals surface area contributed by atoms with Crippen molar-refractivity contribution >= 4 is 21.6 Å². The molecule has 0 aliphatic rings. The normalized spacial score (nSPS) is 10.9. The van der Waals surface area contributed by atoms with Crippen molar-refractivity contribution in [3.05, 3.63) is 64.1 Å². The molecule has 20 heavy (non-hydrogen) atoms. The average Bonchev–Trinajstić information content (AvgIpc) is 2.39. The number of halogens is 1. The van der Waals surface area contributed by atoms with Gasteiger partial charge in [-0.15, -0.1) is 0 Å². The first kappa shape index (κ1) is 15.1. The number of benzene rings is 2. The van der Waals surface area contributed by atoms with Crippen LogP contribution in [0.1, 0.15) is 24.5 Å². The SMILES string of the molecule is CCCN(Cc1ccccc1)Cc1cc(N)cc(Br)c1. The van der Waals surface area contributed by atoms with Crippen molar-refractivity contribution in [2.45, 2.75) is 26.4 Å². The Hall–Kier alpha value is -1.32. The molecule has 0 aliphatic heterocycles. The first-order valence-electron chi connectivity index (χ1n) is 6.98. The summed E-state index contributed by atoms with van der Waals surface area (Å²) in [5.41, 5.74) is 9.33. The van der Waals surface area contributed by atoms with Crippen LogP contribution >= 0.6 is 15.9 Å². The predicted octanol–water partition coefficient (Wildman–Crippen LogP) is 4.44. The zero-order valence-corrected chi connectivity index (χ0v) is 13.4. The molecule has 0 saturated carbocycles. The van der Waals surface area contributed by atoms with E-state index in [1.807, 2.05) is 6.07 Å². The van der Waals surface area contributed by atoms with Crippen molar-refractivity contribution in [3.63, 3.8) is 0 Å². The molecule has 0 bridgehead atoms. The van der Waals surface area contributed by atoms with Gasteiger partial charge in [0.05, 0.1) is 0 Å². The van der Waals surface area contributed by atoms with E-state index in [0.29, 0.717) is 0 Å². The van der Waals surface area contributed by atoms with Crippen molar-refractivity contribution in [1.29, 1.82) is 0 Å². The summed E-state index contributed by atoms with van der Waals surface area (Å²) in [7, 11) is 0. The molecule has 3 heteroatoms. The van der Waals surface area contributed by atoms with Gasteiger partial charge in [0.15, 0.2) is 0 Å². The van der Waals surface area contributed by atoms with E-state index in [1.54, 1.807) is 0 Å². The maximum atomic E-state index is 5.91. The molecule has 0 spiro atoms. The van der Waals surface area contributed by atoms with E-state index in [4.69, 9.17) is 5.73 Å². The zero-order chi connectivity index (χ0) is 14.4. The fraction of sp³-hybridized carbons (Fsp3) is 0.294. The van der Waals surface area contributed by atoms with E-state index >= 15 is 0 Å². The van der Waals surface area contributed by atoms with Gasteiger partial charge in [-0.2, -0.15) is 0 Å². The number of nitrogens with two attached hydrogens (primary N) is 1. The Bertz CT molecular complexity index is 520.